The Morgan fingerprint density at radius 2 is 2.00 bits per heavy atom. The van der Waals surface area contributed by atoms with E-state index in [0.29, 0.717) is 0 Å². The Bertz CT molecular complexity index is 380. The first-order valence-electron chi connectivity index (χ1n) is 8.20. The third-order valence-corrected chi connectivity index (χ3v) is 4.32. The van der Waals surface area contributed by atoms with Gasteiger partial charge in [-0.2, -0.15) is 0 Å². The van der Waals surface area contributed by atoms with Gasteiger partial charge in [0.05, 0.1) is 0 Å². The molecule has 0 radical (unpaired) electrons. The number of rotatable bonds is 9. The average Bonchev–Trinajstić information content (AvgIpc) is 3.32. The second kappa shape index (κ2) is 7.63. The lowest BCUT2D eigenvalue weighted by molar-refractivity contribution is 0.484. The quantitative estimate of drug-likeness (QED) is 0.746. The van der Waals surface area contributed by atoms with Crippen molar-refractivity contribution in [1.29, 1.82) is 0 Å². The minimum atomic E-state index is 0.761. The zero-order valence-corrected chi connectivity index (χ0v) is 13.2. The first-order chi connectivity index (χ1) is 9.76. The Kier molecular flexibility index (Phi) is 5.84. The lowest BCUT2D eigenvalue weighted by Crippen LogP contribution is -2.29. The third-order valence-electron chi connectivity index (χ3n) is 4.32. The molecule has 0 aliphatic heterocycles. The van der Waals surface area contributed by atoms with Crippen LogP contribution in [0.15, 0.2) is 18.3 Å². The summed E-state index contributed by atoms with van der Waals surface area (Å²) in [6.07, 6.45) is 7.20. The summed E-state index contributed by atoms with van der Waals surface area (Å²) >= 11 is 0. The Morgan fingerprint density at radius 1 is 1.25 bits per heavy atom. The number of aromatic nitrogens is 1. The maximum absolute atomic E-state index is 4.66. The third kappa shape index (κ3) is 4.48. The topological polar surface area (TPSA) is 28.2 Å². The molecule has 1 fully saturated rings. The van der Waals surface area contributed by atoms with Gasteiger partial charge in [0.2, 0.25) is 0 Å². The van der Waals surface area contributed by atoms with Crippen LogP contribution in [0.25, 0.3) is 0 Å². The van der Waals surface area contributed by atoms with Gasteiger partial charge in [-0.25, -0.2) is 4.98 Å². The molecule has 0 unspecified atom stereocenters. The van der Waals surface area contributed by atoms with Crippen LogP contribution in [0, 0.1) is 5.92 Å². The SMILES string of the molecule is CCC(CC)CN(CC)c1ccc(CNC2CC2)cn1. The van der Waals surface area contributed by atoms with Crippen LogP contribution in [-0.2, 0) is 6.54 Å². The highest BCUT2D eigenvalue weighted by Crippen LogP contribution is 2.20. The van der Waals surface area contributed by atoms with Crippen LogP contribution in [0.3, 0.4) is 0 Å². The van der Waals surface area contributed by atoms with Crippen molar-refractivity contribution in [3.8, 4) is 0 Å². The van der Waals surface area contributed by atoms with Gasteiger partial charge >= 0.3 is 0 Å². The average molecular weight is 275 g/mol. The van der Waals surface area contributed by atoms with Gasteiger partial charge < -0.3 is 10.2 Å². The molecule has 1 saturated carbocycles. The molecule has 1 aromatic rings. The molecule has 112 valence electrons. The number of nitrogens with zero attached hydrogens (tertiary/aromatic N) is 2. The minimum Gasteiger partial charge on any atom is -0.357 e. The van der Waals surface area contributed by atoms with Gasteiger partial charge in [0, 0.05) is 31.9 Å². The van der Waals surface area contributed by atoms with Crippen molar-refractivity contribution in [3.63, 3.8) is 0 Å². The standard InChI is InChI=1S/C17H29N3/c1-4-14(5-2)13-20(6-3)17-10-7-15(12-19-17)11-18-16-8-9-16/h7,10,12,14,16,18H,4-6,8-9,11,13H2,1-3H3. The number of pyridine rings is 1. The van der Waals surface area contributed by atoms with Crippen molar-refractivity contribution < 1.29 is 0 Å². The van der Waals surface area contributed by atoms with E-state index in [0.717, 1.165) is 37.4 Å². The Morgan fingerprint density at radius 3 is 2.50 bits per heavy atom. The molecule has 0 bridgehead atoms. The summed E-state index contributed by atoms with van der Waals surface area (Å²) in [5.41, 5.74) is 1.29. The fraction of sp³-hybridized carbons (Fsp3) is 0.706. The number of hydrogen-bond acceptors (Lipinski definition) is 3. The lowest BCUT2D eigenvalue weighted by atomic mass is 10.0. The molecule has 1 N–H and O–H groups in total. The summed E-state index contributed by atoms with van der Waals surface area (Å²) in [6.45, 7) is 9.88. The van der Waals surface area contributed by atoms with E-state index in [9.17, 15) is 0 Å². The predicted molar refractivity (Wildman–Crippen MR) is 86.1 cm³/mol. The van der Waals surface area contributed by atoms with Crippen molar-refractivity contribution >= 4 is 5.82 Å². The summed E-state index contributed by atoms with van der Waals surface area (Å²) in [4.78, 5) is 7.05. The zero-order valence-electron chi connectivity index (χ0n) is 13.2. The Balaban J connectivity index is 1.91. The van der Waals surface area contributed by atoms with Gasteiger partial charge in [0.1, 0.15) is 5.82 Å². The van der Waals surface area contributed by atoms with Crippen LogP contribution in [0.2, 0.25) is 0 Å². The van der Waals surface area contributed by atoms with E-state index < -0.39 is 0 Å². The molecule has 1 aliphatic carbocycles. The number of anilines is 1. The van der Waals surface area contributed by atoms with E-state index in [4.69, 9.17) is 0 Å². The van der Waals surface area contributed by atoms with Crippen LogP contribution in [0.1, 0.15) is 52.0 Å². The summed E-state index contributed by atoms with van der Waals surface area (Å²) in [6, 6.07) is 5.15. The van der Waals surface area contributed by atoms with Crippen LogP contribution in [0.4, 0.5) is 5.82 Å². The van der Waals surface area contributed by atoms with E-state index >= 15 is 0 Å². The van der Waals surface area contributed by atoms with Crippen molar-refractivity contribution in [3.05, 3.63) is 23.9 Å². The van der Waals surface area contributed by atoms with Crippen molar-refractivity contribution in [2.45, 2.75) is 59.0 Å². The fourth-order valence-corrected chi connectivity index (χ4v) is 2.50. The predicted octanol–water partition coefficient (Wildman–Crippen LogP) is 3.60. The number of hydrogen-bond donors (Lipinski definition) is 1. The van der Waals surface area contributed by atoms with Gasteiger partial charge in [-0.1, -0.05) is 32.8 Å². The highest BCUT2D eigenvalue weighted by Gasteiger charge is 2.20. The van der Waals surface area contributed by atoms with Crippen LogP contribution in [-0.4, -0.2) is 24.1 Å². The van der Waals surface area contributed by atoms with Gasteiger partial charge in [-0.3, -0.25) is 0 Å². The zero-order chi connectivity index (χ0) is 14.4. The van der Waals surface area contributed by atoms with Gasteiger partial charge in [-0.05, 0) is 37.3 Å². The van der Waals surface area contributed by atoms with Crippen molar-refractivity contribution in [1.82, 2.24) is 10.3 Å². The summed E-state index contributed by atoms with van der Waals surface area (Å²) in [5, 5.41) is 3.53. The molecule has 1 aromatic heterocycles. The van der Waals surface area contributed by atoms with Gasteiger partial charge in [0.15, 0.2) is 0 Å². The second-order valence-corrected chi connectivity index (χ2v) is 5.90. The maximum atomic E-state index is 4.66. The molecule has 0 amide bonds. The maximum Gasteiger partial charge on any atom is 0.128 e. The van der Waals surface area contributed by atoms with E-state index in [1.54, 1.807) is 0 Å². The molecular weight excluding hydrogens is 246 g/mol. The van der Waals surface area contributed by atoms with Crippen molar-refractivity contribution in [2.24, 2.45) is 5.92 Å². The second-order valence-electron chi connectivity index (χ2n) is 5.90. The molecule has 20 heavy (non-hydrogen) atoms. The molecule has 0 saturated heterocycles. The largest absolute Gasteiger partial charge is 0.357 e. The highest BCUT2D eigenvalue weighted by molar-refractivity contribution is 5.39. The fourth-order valence-electron chi connectivity index (χ4n) is 2.50. The van der Waals surface area contributed by atoms with Gasteiger partial charge in [-0.15, -0.1) is 0 Å². The molecule has 1 aliphatic rings. The molecule has 3 nitrogen and oxygen atoms in total. The van der Waals surface area contributed by atoms with Gasteiger partial charge in [0.25, 0.3) is 0 Å². The summed E-state index contributed by atoms with van der Waals surface area (Å²) in [5.74, 6) is 1.89. The van der Waals surface area contributed by atoms with Crippen LogP contribution in [0.5, 0.6) is 0 Å². The first-order valence-corrected chi connectivity index (χ1v) is 8.20. The normalized spacial score (nSPS) is 14.8. The molecule has 2 rings (SSSR count). The molecular formula is C17H29N3. The molecule has 0 atom stereocenters. The molecule has 0 spiro atoms. The number of nitrogens with one attached hydrogen (secondary N) is 1. The van der Waals surface area contributed by atoms with Crippen molar-refractivity contribution in [2.75, 3.05) is 18.0 Å². The van der Waals surface area contributed by atoms with E-state index in [2.05, 4.69) is 48.1 Å². The summed E-state index contributed by atoms with van der Waals surface area (Å²) in [7, 11) is 0. The Labute approximate surface area is 123 Å². The van der Waals surface area contributed by atoms with E-state index in [1.807, 2.05) is 6.20 Å². The van der Waals surface area contributed by atoms with E-state index in [1.165, 1.54) is 31.2 Å². The molecule has 0 aromatic carbocycles. The first kappa shape index (κ1) is 15.3. The van der Waals surface area contributed by atoms with Crippen LogP contribution >= 0.6 is 0 Å². The summed E-state index contributed by atoms with van der Waals surface area (Å²) < 4.78 is 0. The monoisotopic (exact) mass is 275 g/mol. The van der Waals surface area contributed by atoms with E-state index in [-0.39, 0.29) is 0 Å². The smallest absolute Gasteiger partial charge is 0.128 e. The molecule has 3 heteroatoms. The minimum absolute atomic E-state index is 0.761. The van der Waals surface area contributed by atoms with Crippen LogP contribution < -0.4 is 10.2 Å². The molecule has 1 heterocycles. The lowest BCUT2D eigenvalue weighted by Gasteiger charge is -2.26. The highest BCUT2D eigenvalue weighted by atomic mass is 15.2. The Hall–Kier alpha value is -1.09.